The predicted octanol–water partition coefficient (Wildman–Crippen LogP) is -0.900. The first-order valence-corrected chi connectivity index (χ1v) is 31.7. The Labute approximate surface area is 546 Å². The van der Waals surface area contributed by atoms with E-state index in [0.717, 1.165) is 0 Å². The molecule has 0 heterocycles. The summed E-state index contributed by atoms with van der Waals surface area (Å²) < 4.78 is 6.06. The van der Waals surface area contributed by atoms with Gasteiger partial charge in [0, 0.05) is 38.6 Å². The fraction of sp³-hybridized carbons (Fsp3) is 0.754. The van der Waals surface area contributed by atoms with Crippen LogP contribution in [0.25, 0.3) is 0 Å². The van der Waals surface area contributed by atoms with E-state index in [9.17, 15) is 72.2 Å². The van der Waals surface area contributed by atoms with Gasteiger partial charge in [0.25, 0.3) is 0 Å². The molecular formula is C61H110N16O16. The molecule has 0 rings (SSSR count). The molecule has 0 saturated carbocycles. The second-order valence-electron chi connectivity index (χ2n) is 26.5. The first kappa shape index (κ1) is 84.8. The third-order valence-corrected chi connectivity index (χ3v) is 14.3. The van der Waals surface area contributed by atoms with E-state index in [0.29, 0.717) is 19.3 Å². The first-order chi connectivity index (χ1) is 42.9. The van der Waals surface area contributed by atoms with Gasteiger partial charge in [0.15, 0.2) is 5.96 Å². The van der Waals surface area contributed by atoms with Crippen LogP contribution in [-0.4, -0.2) is 185 Å². The van der Waals surface area contributed by atoms with Crippen LogP contribution >= 0.6 is 0 Å². The van der Waals surface area contributed by atoms with Crippen molar-refractivity contribution in [2.75, 3.05) is 26.2 Å². The Balaban J connectivity index is 6.36. The molecule has 0 aromatic carbocycles. The zero-order chi connectivity index (χ0) is 71.7. The zero-order valence-corrected chi connectivity index (χ0v) is 57.4. The molecule has 13 amide bonds. The molecule has 0 aromatic rings. The second-order valence-corrected chi connectivity index (χ2v) is 26.5. The average Bonchev–Trinajstić information content (AvgIpc) is 1.54. The number of carbonyl (C=O) groups is 14. The number of ether oxygens (including phenoxy) is 1. The van der Waals surface area contributed by atoms with Crippen molar-refractivity contribution in [2.24, 2.45) is 29.2 Å². The van der Waals surface area contributed by atoms with Crippen LogP contribution in [0.4, 0.5) is 4.79 Å². The Morgan fingerprint density at radius 2 is 0.957 bits per heavy atom. The molecule has 0 spiro atoms. The van der Waals surface area contributed by atoms with Gasteiger partial charge in [-0.2, -0.15) is 0 Å². The predicted molar refractivity (Wildman–Crippen MR) is 346 cm³/mol. The van der Waals surface area contributed by atoms with Crippen LogP contribution in [0.5, 0.6) is 0 Å². The lowest BCUT2D eigenvalue weighted by Gasteiger charge is -2.33. The van der Waals surface area contributed by atoms with Gasteiger partial charge in [-0.05, 0) is 137 Å². The van der Waals surface area contributed by atoms with Gasteiger partial charge in [-0.3, -0.25) is 62.9 Å². The summed E-state index contributed by atoms with van der Waals surface area (Å²) in [6, 6.07) is -11.5. The number of nitrogens with one attached hydrogen (secondary N) is 14. The Bertz CT molecular complexity index is 2580. The molecule has 32 nitrogen and oxygen atoms in total. The maximum Gasteiger partial charge on any atom is 0.312 e. The molecule has 32 heteroatoms. The van der Waals surface area contributed by atoms with E-state index >= 15 is 0 Å². The average molecular weight is 1320 g/mol. The highest BCUT2D eigenvalue weighted by atomic mass is 16.5. The summed E-state index contributed by atoms with van der Waals surface area (Å²) in [4.78, 5) is 184. The minimum atomic E-state index is -1.76. The number of urea groups is 1. The van der Waals surface area contributed by atoms with E-state index in [-0.39, 0.29) is 101 Å². The Hall–Kier alpha value is -8.19. The molecule has 0 aliphatic heterocycles. The van der Waals surface area contributed by atoms with Gasteiger partial charge in [-0.1, -0.05) is 48.5 Å². The van der Waals surface area contributed by atoms with Crippen molar-refractivity contribution in [3.05, 3.63) is 0 Å². The highest BCUT2D eigenvalue weighted by molar-refractivity contribution is 5.99. The topological polar surface area (TPSA) is 501 Å². The number of carboxylic acids is 1. The van der Waals surface area contributed by atoms with Gasteiger partial charge < -0.3 is 95.2 Å². The van der Waals surface area contributed by atoms with Crippen molar-refractivity contribution in [3.63, 3.8) is 0 Å². The van der Waals surface area contributed by atoms with Crippen molar-refractivity contribution in [2.45, 2.75) is 253 Å². The summed E-state index contributed by atoms with van der Waals surface area (Å²) >= 11 is 0. The molecule has 0 fully saturated rings. The number of carbonyl (C=O) groups excluding carboxylic acids is 13. The number of primary amides is 1. The maximum atomic E-state index is 14.3. The van der Waals surface area contributed by atoms with E-state index in [1.54, 1.807) is 34.6 Å². The van der Waals surface area contributed by atoms with Gasteiger partial charge >= 0.3 is 12.0 Å². The summed E-state index contributed by atoms with van der Waals surface area (Å²) in [5.41, 5.74) is 7.49. The van der Waals surface area contributed by atoms with Crippen molar-refractivity contribution in [1.29, 1.82) is 5.41 Å². The van der Waals surface area contributed by atoms with E-state index in [1.807, 2.05) is 41.5 Å². The summed E-state index contributed by atoms with van der Waals surface area (Å²) in [7, 11) is 0. The van der Waals surface area contributed by atoms with Crippen LogP contribution in [-0.2, 0) is 67.1 Å². The number of hydrogen-bond acceptors (Lipinski definition) is 16. The van der Waals surface area contributed by atoms with Crippen LogP contribution in [0.2, 0.25) is 0 Å². The minimum Gasteiger partial charge on any atom is -0.481 e. The SMILES string of the molecule is CC[C@H](NC(=O)[C@H](C)NC(=O)[C@H](CC(C)C)NC(=O)[C@H](CC(=O)O)NC(=O)CNC(=O)[C@H](CCCNC(=N)N)NC(C)=O)C(=O)N[C@@H](CC(C)C)C(=O)N[C@@H](CCCNC(N)=O)C(=O)NC(C)(C)C(=O)N[C@@H](CC(C)C)C(=O)NC(C)(C)CCOC(C)(C)CCC(C)=O. The van der Waals surface area contributed by atoms with Crippen LogP contribution in [0.1, 0.15) is 188 Å². The fourth-order valence-corrected chi connectivity index (χ4v) is 9.11. The molecular weight excluding hydrogens is 1210 g/mol. The number of nitrogens with two attached hydrogens (primary N) is 2. The molecule has 93 heavy (non-hydrogen) atoms. The van der Waals surface area contributed by atoms with Crippen LogP contribution in [0.15, 0.2) is 0 Å². The Morgan fingerprint density at radius 1 is 0.505 bits per heavy atom. The van der Waals surface area contributed by atoms with E-state index in [1.165, 1.54) is 34.6 Å². The quantitative estimate of drug-likeness (QED) is 0.0200. The lowest BCUT2D eigenvalue weighted by atomic mass is 9.96. The lowest BCUT2D eigenvalue weighted by Crippen LogP contribution is -2.63. The molecule has 0 aliphatic carbocycles. The summed E-state index contributed by atoms with van der Waals surface area (Å²) in [6.45, 7) is 26.2. The number of amides is 13. The molecule has 19 N–H and O–H groups in total. The Kier molecular flexibility index (Phi) is 37.8. The number of hydrogen-bond donors (Lipinski definition) is 17. The van der Waals surface area contributed by atoms with Crippen molar-refractivity contribution >= 4 is 88.7 Å². The van der Waals surface area contributed by atoms with E-state index in [4.69, 9.17) is 21.6 Å². The van der Waals surface area contributed by atoms with Crippen molar-refractivity contribution in [1.82, 2.24) is 69.1 Å². The number of aliphatic carboxylic acids is 1. The fourth-order valence-electron chi connectivity index (χ4n) is 9.11. The Morgan fingerprint density at radius 3 is 1.43 bits per heavy atom. The maximum absolute atomic E-state index is 14.3. The lowest BCUT2D eigenvalue weighted by molar-refractivity contribution is -0.141. The molecule has 530 valence electrons. The molecule has 0 bridgehead atoms. The van der Waals surface area contributed by atoms with Gasteiger partial charge in [0.2, 0.25) is 65.0 Å². The van der Waals surface area contributed by atoms with Crippen molar-refractivity contribution < 1.29 is 77.0 Å². The molecule has 0 aliphatic rings. The molecule has 0 aromatic heterocycles. The third kappa shape index (κ3) is 37.2. The molecule has 0 radical (unpaired) electrons. The normalized spacial score (nSPS) is 14.2. The number of rotatable bonds is 45. The van der Waals surface area contributed by atoms with Crippen LogP contribution in [0.3, 0.4) is 0 Å². The number of ketones is 1. The second kappa shape index (κ2) is 41.4. The number of guanidine groups is 1. The van der Waals surface area contributed by atoms with E-state index < -0.39 is 155 Å². The highest BCUT2D eigenvalue weighted by Crippen LogP contribution is 2.20. The van der Waals surface area contributed by atoms with Gasteiger partial charge in [-0.15, -0.1) is 0 Å². The van der Waals surface area contributed by atoms with Gasteiger partial charge in [0.1, 0.15) is 59.7 Å². The number of carboxylic acid groups (broad SMARTS) is 1. The first-order valence-electron chi connectivity index (χ1n) is 31.7. The van der Waals surface area contributed by atoms with Crippen LogP contribution < -0.4 is 80.6 Å². The van der Waals surface area contributed by atoms with Gasteiger partial charge in [0.05, 0.1) is 18.6 Å². The third-order valence-electron chi connectivity index (χ3n) is 14.3. The summed E-state index contributed by atoms with van der Waals surface area (Å²) in [6.07, 6.45) is 0.909. The number of Topliss-reactive ketones (excluding diaryl/α,β-unsaturated/α-hetero) is 1. The monoisotopic (exact) mass is 1320 g/mol. The molecule has 0 saturated heterocycles. The minimum absolute atomic E-state index is 0.00607. The highest BCUT2D eigenvalue weighted by Gasteiger charge is 2.38. The standard InChI is InChI=1S/C61H110N16O16/c1-17-39(71-48(83)37(9)68-51(86)42(28-33(2)3)74-53(88)45(31-47(81)82)70-46(80)32-67-49(84)40(69-38(10)79)20-18-25-65-57(62)63)50(85)73-43(29-34(4)5)52(87)72-41(21-19-26-66-58(64)92)54(89)77-61(15,16)56(91)75-44(30-35(6)7)55(90)76-59(11,12)24-27-93-60(13,14)23-22-36(8)78/h33-35,37,39-45H,17-32H2,1-16H3,(H,67,84)(H,68,86)(H,69,79)(H,70,80)(H,71,83)(H,72,87)(H,73,85)(H,74,88)(H,75,91)(H,76,90)(H,77,89)(H,81,82)(H4,62,63,65)(H3,64,66,92)/t37-,39-,40-,41-,42-,43-,44-,45-/m0/s1. The van der Waals surface area contributed by atoms with E-state index in [2.05, 4.69) is 69.1 Å². The van der Waals surface area contributed by atoms with Crippen LogP contribution in [0, 0.1) is 23.2 Å². The zero-order valence-electron chi connectivity index (χ0n) is 57.4. The smallest absolute Gasteiger partial charge is 0.312 e. The summed E-state index contributed by atoms with van der Waals surface area (Å²) in [5.74, 6) is -11.2. The molecule has 8 atom stereocenters. The van der Waals surface area contributed by atoms with Gasteiger partial charge in [-0.25, -0.2) is 4.79 Å². The molecule has 0 unspecified atom stereocenters. The largest absolute Gasteiger partial charge is 0.481 e. The summed E-state index contributed by atoms with van der Waals surface area (Å²) in [5, 5.41) is 50.2. The van der Waals surface area contributed by atoms with Crippen molar-refractivity contribution in [3.8, 4) is 0 Å².